The third-order valence-electron chi connectivity index (χ3n) is 4.46. The van der Waals surface area contributed by atoms with Crippen molar-refractivity contribution in [3.05, 3.63) is 0 Å². The molecular formula is C15H28N2O. The lowest BCUT2D eigenvalue weighted by Crippen LogP contribution is -2.48. The summed E-state index contributed by atoms with van der Waals surface area (Å²) in [6, 6.07) is 0.854. The second-order valence-electron chi connectivity index (χ2n) is 6.29. The average Bonchev–Trinajstić information content (AvgIpc) is 2.31. The first-order chi connectivity index (χ1) is 8.66. The normalized spacial score (nSPS) is 24.9. The number of rotatable bonds is 5. The van der Waals surface area contributed by atoms with E-state index in [0.717, 1.165) is 19.5 Å². The summed E-state index contributed by atoms with van der Waals surface area (Å²) >= 11 is 0. The fraction of sp³-hybridized carbons (Fsp3) is 0.933. The lowest BCUT2D eigenvalue weighted by molar-refractivity contribution is -0.135. The van der Waals surface area contributed by atoms with Crippen LogP contribution in [0.3, 0.4) is 0 Å². The molecule has 1 unspecified atom stereocenters. The van der Waals surface area contributed by atoms with E-state index in [4.69, 9.17) is 0 Å². The van der Waals surface area contributed by atoms with Crippen LogP contribution >= 0.6 is 0 Å². The summed E-state index contributed by atoms with van der Waals surface area (Å²) in [5.41, 5.74) is 0. The first-order valence-electron chi connectivity index (χ1n) is 7.69. The lowest BCUT2D eigenvalue weighted by atomic mass is 9.82. The van der Waals surface area contributed by atoms with Gasteiger partial charge in [0.2, 0.25) is 5.91 Å². The number of carbonyl (C=O) groups is 1. The summed E-state index contributed by atoms with van der Waals surface area (Å²) < 4.78 is 0. The predicted octanol–water partition coefficient (Wildman–Crippen LogP) is 2.56. The third kappa shape index (κ3) is 3.71. The molecule has 18 heavy (non-hydrogen) atoms. The van der Waals surface area contributed by atoms with E-state index in [2.05, 4.69) is 24.1 Å². The second kappa shape index (κ2) is 6.55. The maximum atomic E-state index is 12.4. The molecule has 1 saturated carbocycles. The van der Waals surface area contributed by atoms with E-state index in [1.807, 2.05) is 0 Å². The van der Waals surface area contributed by atoms with E-state index in [1.54, 1.807) is 0 Å². The highest BCUT2D eigenvalue weighted by Gasteiger charge is 2.27. The SMILES string of the molecule is CC(C)N(CC1CCCCN1)C(=O)CC1CCC1. The van der Waals surface area contributed by atoms with Gasteiger partial charge in [0.15, 0.2) is 0 Å². The van der Waals surface area contributed by atoms with Crippen LogP contribution in [0.4, 0.5) is 0 Å². The van der Waals surface area contributed by atoms with Crippen LogP contribution in [0.25, 0.3) is 0 Å². The highest BCUT2D eigenvalue weighted by molar-refractivity contribution is 5.76. The first-order valence-corrected chi connectivity index (χ1v) is 7.69. The molecule has 1 saturated heterocycles. The Bertz CT molecular complexity index is 268. The van der Waals surface area contributed by atoms with Gasteiger partial charge in [-0.05, 0) is 52.0 Å². The van der Waals surface area contributed by atoms with Crippen LogP contribution in [0.15, 0.2) is 0 Å². The molecule has 2 rings (SSSR count). The summed E-state index contributed by atoms with van der Waals surface area (Å²) in [5, 5.41) is 3.55. The van der Waals surface area contributed by atoms with E-state index in [-0.39, 0.29) is 0 Å². The number of nitrogens with zero attached hydrogens (tertiary/aromatic N) is 1. The molecule has 0 bridgehead atoms. The van der Waals surface area contributed by atoms with Crippen LogP contribution in [-0.4, -0.2) is 36.0 Å². The Hall–Kier alpha value is -0.570. The van der Waals surface area contributed by atoms with Crippen molar-refractivity contribution in [1.29, 1.82) is 0 Å². The molecule has 1 atom stereocenters. The fourth-order valence-corrected chi connectivity index (χ4v) is 2.98. The Morgan fingerprint density at radius 3 is 2.50 bits per heavy atom. The third-order valence-corrected chi connectivity index (χ3v) is 4.46. The van der Waals surface area contributed by atoms with Gasteiger partial charge in [-0.1, -0.05) is 12.8 Å². The minimum absolute atomic E-state index is 0.335. The van der Waals surface area contributed by atoms with Crippen molar-refractivity contribution in [3.63, 3.8) is 0 Å². The van der Waals surface area contributed by atoms with Gasteiger partial charge in [0.1, 0.15) is 0 Å². The molecule has 0 aromatic rings. The number of nitrogens with one attached hydrogen (secondary N) is 1. The second-order valence-corrected chi connectivity index (χ2v) is 6.29. The zero-order valence-electron chi connectivity index (χ0n) is 12.0. The van der Waals surface area contributed by atoms with Crippen LogP contribution in [0.5, 0.6) is 0 Å². The van der Waals surface area contributed by atoms with Crippen molar-refractivity contribution in [2.45, 2.75) is 70.9 Å². The van der Waals surface area contributed by atoms with Crippen molar-refractivity contribution in [1.82, 2.24) is 10.2 Å². The van der Waals surface area contributed by atoms with Crippen molar-refractivity contribution >= 4 is 5.91 Å². The highest BCUT2D eigenvalue weighted by atomic mass is 16.2. The summed E-state index contributed by atoms with van der Waals surface area (Å²) in [5.74, 6) is 1.06. The molecule has 2 aliphatic rings. The van der Waals surface area contributed by atoms with E-state index in [0.29, 0.717) is 23.9 Å². The molecule has 3 heteroatoms. The van der Waals surface area contributed by atoms with Crippen molar-refractivity contribution in [2.75, 3.05) is 13.1 Å². The van der Waals surface area contributed by atoms with Crippen LogP contribution in [-0.2, 0) is 4.79 Å². The van der Waals surface area contributed by atoms with E-state index in [1.165, 1.54) is 38.5 Å². The topological polar surface area (TPSA) is 32.3 Å². The quantitative estimate of drug-likeness (QED) is 0.815. The molecule has 0 aromatic heterocycles. The molecule has 1 N–H and O–H groups in total. The van der Waals surface area contributed by atoms with Gasteiger partial charge < -0.3 is 10.2 Å². The Morgan fingerprint density at radius 2 is 2.00 bits per heavy atom. The molecule has 1 heterocycles. The zero-order valence-corrected chi connectivity index (χ0v) is 12.0. The van der Waals surface area contributed by atoms with Crippen molar-refractivity contribution < 1.29 is 4.79 Å². The van der Waals surface area contributed by atoms with Crippen LogP contribution in [0, 0.1) is 5.92 Å². The smallest absolute Gasteiger partial charge is 0.223 e. The molecule has 1 aliphatic carbocycles. The summed E-state index contributed by atoms with van der Waals surface area (Å²) in [4.78, 5) is 14.5. The molecule has 0 aromatic carbocycles. The Labute approximate surface area is 111 Å². The largest absolute Gasteiger partial charge is 0.339 e. The first kappa shape index (κ1) is 13.9. The van der Waals surface area contributed by atoms with Crippen molar-refractivity contribution in [2.24, 2.45) is 5.92 Å². The Balaban J connectivity index is 1.83. The highest BCUT2D eigenvalue weighted by Crippen LogP contribution is 2.30. The van der Waals surface area contributed by atoms with E-state index < -0.39 is 0 Å². The summed E-state index contributed by atoms with van der Waals surface area (Å²) in [6.45, 7) is 6.31. The lowest BCUT2D eigenvalue weighted by Gasteiger charge is -2.35. The number of amides is 1. The summed E-state index contributed by atoms with van der Waals surface area (Å²) in [7, 11) is 0. The van der Waals surface area contributed by atoms with Crippen LogP contribution in [0.2, 0.25) is 0 Å². The number of hydrogen-bond donors (Lipinski definition) is 1. The maximum Gasteiger partial charge on any atom is 0.223 e. The van der Waals surface area contributed by atoms with Gasteiger partial charge in [0, 0.05) is 25.0 Å². The van der Waals surface area contributed by atoms with Gasteiger partial charge in [0.25, 0.3) is 0 Å². The maximum absolute atomic E-state index is 12.4. The molecule has 1 aliphatic heterocycles. The monoisotopic (exact) mass is 252 g/mol. The summed E-state index contributed by atoms with van der Waals surface area (Å²) in [6.07, 6.45) is 8.45. The molecule has 0 radical (unpaired) electrons. The standard InChI is InChI=1S/C15H28N2O/c1-12(2)17(11-14-8-3-4-9-16-14)15(18)10-13-6-5-7-13/h12-14,16H,3-11H2,1-2H3. The van der Waals surface area contributed by atoms with Gasteiger partial charge in [-0.3, -0.25) is 4.79 Å². The van der Waals surface area contributed by atoms with Gasteiger partial charge in [0.05, 0.1) is 0 Å². The average molecular weight is 252 g/mol. The van der Waals surface area contributed by atoms with E-state index >= 15 is 0 Å². The minimum atomic E-state index is 0.335. The van der Waals surface area contributed by atoms with Crippen molar-refractivity contribution in [3.8, 4) is 0 Å². The van der Waals surface area contributed by atoms with Gasteiger partial charge in [-0.25, -0.2) is 0 Å². The number of carbonyl (C=O) groups excluding carboxylic acids is 1. The molecular weight excluding hydrogens is 224 g/mol. The fourth-order valence-electron chi connectivity index (χ4n) is 2.98. The number of piperidine rings is 1. The van der Waals surface area contributed by atoms with Gasteiger partial charge in [-0.15, -0.1) is 0 Å². The van der Waals surface area contributed by atoms with Crippen LogP contribution < -0.4 is 5.32 Å². The minimum Gasteiger partial charge on any atom is -0.339 e. The molecule has 1 amide bonds. The zero-order chi connectivity index (χ0) is 13.0. The van der Waals surface area contributed by atoms with Crippen LogP contribution in [0.1, 0.15) is 58.8 Å². The Kier molecular flexibility index (Phi) is 5.04. The van der Waals surface area contributed by atoms with Gasteiger partial charge in [-0.2, -0.15) is 0 Å². The molecule has 3 nitrogen and oxygen atoms in total. The molecule has 104 valence electrons. The predicted molar refractivity (Wildman–Crippen MR) is 74.4 cm³/mol. The number of hydrogen-bond acceptors (Lipinski definition) is 2. The Morgan fingerprint density at radius 1 is 1.22 bits per heavy atom. The van der Waals surface area contributed by atoms with Gasteiger partial charge >= 0.3 is 0 Å². The molecule has 0 spiro atoms. The molecule has 2 fully saturated rings. The van der Waals surface area contributed by atoms with E-state index in [9.17, 15) is 4.79 Å².